The van der Waals surface area contributed by atoms with Crippen molar-refractivity contribution in [2.75, 3.05) is 31.1 Å². The van der Waals surface area contributed by atoms with Crippen molar-refractivity contribution in [1.82, 2.24) is 4.90 Å². The molecule has 2 heterocycles. The zero-order valence-electron chi connectivity index (χ0n) is 15.8. The van der Waals surface area contributed by atoms with Crippen LogP contribution in [-0.2, 0) is 16.6 Å². The summed E-state index contributed by atoms with van der Waals surface area (Å²) in [5, 5.41) is 0. The molecule has 1 saturated heterocycles. The normalized spacial score (nSPS) is 15.3. The Morgan fingerprint density at radius 3 is 2.31 bits per heavy atom. The van der Waals surface area contributed by atoms with Gasteiger partial charge in [0.2, 0.25) is 0 Å². The molecule has 0 saturated carbocycles. The second kappa shape index (κ2) is 8.61. The molecule has 0 radical (unpaired) electrons. The third kappa shape index (κ3) is 4.56. The highest BCUT2D eigenvalue weighted by molar-refractivity contribution is 7.84. The maximum atomic E-state index is 13.1. The van der Waals surface area contributed by atoms with Crippen molar-refractivity contribution in [3.05, 3.63) is 84.1 Å². The molecule has 1 atom stereocenters. The Bertz CT molecular complexity index is 996. The van der Waals surface area contributed by atoms with Crippen LogP contribution in [0.4, 0.5) is 10.1 Å². The molecule has 3 aromatic rings. The number of anilines is 1. The van der Waals surface area contributed by atoms with E-state index in [0.29, 0.717) is 31.9 Å². The van der Waals surface area contributed by atoms with Crippen molar-refractivity contribution in [1.29, 1.82) is 0 Å². The number of nitrogens with zero attached hydrogens (tertiary/aromatic N) is 2. The van der Waals surface area contributed by atoms with Crippen LogP contribution in [0.15, 0.2) is 76.0 Å². The summed E-state index contributed by atoms with van der Waals surface area (Å²) in [6.45, 7) is 2.45. The van der Waals surface area contributed by atoms with E-state index >= 15 is 0 Å². The highest BCUT2D eigenvalue weighted by Crippen LogP contribution is 2.20. The molecular formula is C22H21FN2O3S. The lowest BCUT2D eigenvalue weighted by molar-refractivity contribution is 0.0713. The average molecular weight is 412 g/mol. The first-order valence-corrected chi connectivity index (χ1v) is 10.7. The molecule has 5 nitrogen and oxygen atoms in total. The van der Waals surface area contributed by atoms with Gasteiger partial charge in [0.15, 0.2) is 5.76 Å². The van der Waals surface area contributed by atoms with Gasteiger partial charge in [-0.2, -0.15) is 0 Å². The highest BCUT2D eigenvalue weighted by atomic mass is 32.2. The van der Waals surface area contributed by atoms with Crippen LogP contribution >= 0.6 is 0 Å². The van der Waals surface area contributed by atoms with Gasteiger partial charge >= 0.3 is 0 Å². The Labute approximate surface area is 171 Å². The van der Waals surface area contributed by atoms with Crippen LogP contribution in [0.3, 0.4) is 0 Å². The summed E-state index contributed by atoms with van der Waals surface area (Å²) >= 11 is 0. The van der Waals surface area contributed by atoms with Gasteiger partial charge < -0.3 is 14.2 Å². The van der Waals surface area contributed by atoms with Gasteiger partial charge in [0.1, 0.15) is 11.6 Å². The van der Waals surface area contributed by atoms with Crippen LogP contribution in [0.2, 0.25) is 0 Å². The van der Waals surface area contributed by atoms with Crippen molar-refractivity contribution >= 4 is 22.4 Å². The molecule has 150 valence electrons. The minimum Gasteiger partial charge on any atom is -0.455 e. The average Bonchev–Trinajstić information content (AvgIpc) is 3.23. The molecule has 1 aliphatic heterocycles. The summed E-state index contributed by atoms with van der Waals surface area (Å²) in [6.07, 6.45) is 0. The van der Waals surface area contributed by atoms with Crippen molar-refractivity contribution in [2.45, 2.75) is 10.6 Å². The van der Waals surface area contributed by atoms with Crippen molar-refractivity contribution in [3.8, 4) is 0 Å². The number of carbonyl (C=O) groups is 1. The van der Waals surface area contributed by atoms with Gasteiger partial charge in [-0.05, 0) is 48.5 Å². The molecule has 0 spiro atoms. The van der Waals surface area contributed by atoms with Crippen LogP contribution < -0.4 is 4.90 Å². The fraction of sp³-hybridized carbons (Fsp3) is 0.227. The molecular weight excluding hydrogens is 391 g/mol. The lowest BCUT2D eigenvalue weighted by atomic mass is 10.2. The van der Waals surface area contributed by atoms with Crippen molar-refractivity contribution in [2.24, 2.45) is 0 Å². The number of amides is 1. The van der Waals surface area contributed by atoms with E-state index in [9.17, 15) is 13.4 Å². The summed E-state index contributed by atoms with van der Waals surface area (Å²) in [4.78, 5) is 17.3. The van der Waals surface area contributed by atoms with Crippen molar-refractivity contribution < 1.29 is 17.8 Å². The summed E-state index contributed by atoms with van der Waals surface area (Å²) in [5.41, 5.74) is 0.946. The molecule has 0 bridgehead atoms. The van der Waals surface area contributed by atoms with Gasteiger partial charge in [-0.25, -0.2) is 4.39 Å². The molecule has 1 aliphatic rings. The second-order valence-corrected chi connectivity index (χ2v) is 8.28. The number of benzene rings is 2. The summed E-state index contributed by atoms with van der Waals surface area (Å²) in [5.74, 6) is 0.598. The Hall–Kier alpha value is -2.93. The number of carbonyl (C=O) groups excluding carboxylic acids is 1. The predicted octanol–water partition coefficient (Wildman–Crippen LogP) is 3.69. The molecule has 2 aromatic carbocycles. The summed E-state index contributed by atoms with van der Waals surface area (Å²) in [7, 11) is -1.22. The number of halogens is 1. The van der Waals surface area contributed by atoms with E-state index in [2.05, 4.69) is 4.90 Å². The van der Waals surface area contributed by atoms with Gasteiger partial charge in [0, 0.05) is 36.8 Å². The number of hydrogen-bond acceptors (Lipinski definition) is 4. The smallest absolute Gasteiger partial charge is 0.289 e. The predicted molar refractivity (Wildman–Crippen MR) is 110 cm³/mol. The maximum Gasteiger partial charge on any atom is 0.289 e. The second-order valence-electron chi connectivity index (χ2n) is 6.82. The van der Waals surface area contributed by atoms with E-state index in [0.717, 1.165) is 10.6 Å². The number of rotatable bonds is 5. The minimum absolute atomic E-state index is 0.166. The molecule has 1 amide bonds. The van der Waals surface area contributed by atoms with Gasteiger partial charge in [0.05, 0.1) is 16.6 Å². The summed E-state index contributed by atoms with van der Waals surface area (Å²) in [6, 6.07) is 18.9. The van der Waals surface area contributed by atoms with Crippen LogP contribution in [0.5, 0.6) is 0 Å². The lowest BCUT2D eigenvalue weighted by Crippen LogP contribution is -2.48. The third-order valence-corrected chi connectivity index (χ3v) is 6.26. The van der Waals surface area contributed by atoms with Crippen LogP contribution in [-0.4, -0.2) is 41.2 Å². The molecule has 1 aromatic heterocycles. The standard InChI is InChI=1S/C22H21FN2O3S/c23-17-6-8-18(9-7-17)24-12-14-25(15-13-24)22(26)21-11-10-19(28-21)16-29(27)20-4-2-1-3-5-20/h1-11H,12-16H2/t29-/m0/s1. The molecule has 1 fully saturated rings. The van der Waals surface area contributed by atoms with Gasteiger partial charge in [0.25, 0.3) is 5.91 Å². The number of hydrogen-bond donors (Lipinski definition) is 0. The van der Waals surface area contributed by atoms with E-state index < -0.39 is 10.8 Å². The Morgan fingerprint density at radius 1 is 0.931 bits per heavy atom. The van der Waals surface area contributed by atoms with E-state index in [1.807, 2.05) is 30.3 Å². The first-order valence-electron chi connectivity index (χ1n) is 9.42. The SMILES string of the molecule is O=C(c1ccc(C[S@](=O)c2ccccc2)o1)N1CCN(c2ccc(F)cc2)CC1. The molecule has 29 heavy (non-hydrogen) atoms. The van der Waals surface area contributed by atoms with Gasteiger partial charge in [-0.1, -0.05) is 18.2 Å². The third-order valence-electron chi connectivity index (χ3n) is 4.91. The zero-order valence-corrected chi connectivity index (χ0v) is 16.6. The first kappa shape index (κ1) is 19.4. The van der Waals surface area contributed by atoms with Crippen molar-refractivity contribution in [3.63, 3.8) is 0 Å². The van der Waals surface area contributed by atoms with Gasteiger partial charge in [-0.15, -0.1) is 0 Å². The Morgan fingerprint density at radius 2 is 1.62 bits per heavy atom. The lowest BCUT2D eigenvalue weighted by Gasteiger charge is -2.35. The Balaban J connectivity index is 1.35. The summed E-state index contributed by atoms with van der Waals surface area (Å²) < 4.78 is 31.2. The molecule has 7 heteroatoms. The topological polar surface area (TPSA) is 53.8 Å². The minimum atomic E-state index is -1.22. The monoisotopic (exact) mass is 412 g/mol. The highest BCUT2D eigenvalue weighted by Gasteiger charge is 2.24. The fourth-order valence-electron chi connectivity index (χ4n) is 3.33. The van der Waals surface area contributed by atoms with E-state index in [1.165, 1.54) is 12.1 Å². The molecule has 0 N–H and O–H groups in total. The van der Waals surface area contributed by atoms with Crippen LogP contribution in [0, 0.1) is 5.82 Å². The fourth-order valence-corrected chi connectivity index (χ4v) is 4.37. The molecule has 0 unspecified atom stereocenters. The zero-order chi connectivity index (χ0) is 20.2. The molecule has 0 aliphatic carbocycles. The number of furan rings is 1. The van der Waals surface area contributed by atoms with E-state index in [4.69, 9.17) is 4.42 Å². The molecule has 4 rings (SSSR count). The van der Waals surface area contributed by atoms with Crippen LogP contribution in [0.1, 0.15) is 16.3 Å². The van der Waals surface area contributed by atoms with Crippen LogP contribution in [0.25, 0.3) is 0 Å². The van der Waals surface area contributed by atoms with E-state index in [1.54, 1.807) is 29.2 Å². The van der Waals surface area contributed by atoms with E-state index in [-0.39, 0.29) is 23.2 Å². The quantitative estimate of drug-likeness (QED) is 0.641. The largest absolute Gasteiger partial charge is 0.455 e. The van der Waals surface area contributed by atoms with Gasteiger partial charge in [-0.3, -0.25) is 9.00 Å². The Kier molecular flexibility index (Phi) is 5.76. The maximum absolute atomic E-state index is 13.1. The number of piperazine rings is 1. The first-order chi connectivity index (χ1) is 14.1.